The van der Waals surface area contributed by atoms with Crippen molar-refractivity contribution in [2.45, 2.75) is 26.3 Å². The van der Waals surface area contributed by atoms with Crippen LogP contribution < -0.4 is 20.9 Å². The molecule has 2 atom stereocenters. The van der Waals surface area contributed by atoms with Gasteiger partial charge in [0, 0.05) is 0 Å². The largest absolute Gasteiger partial charge is 0.496 e. The number of para-hydroxylation sites is 1. The van der Waals surface area contributed by atoms with Gasteiger partial charge in [-0.25, -0.2) is 8.42 Å². The molecule has 9 nitrogen and oxygen atoms in total. The SMILES string of the molecule is COc1ccccc1C(=O)N[C@H](C(=O)NNC(=O)[C@H]1CCS(=O)(=O)C1)C(C)C. The van der Waals surface area contributed by atoms with Crippen LogP contribution in [0.2, 0.25) is 0 Å². The lowest BCUT2D eigenvalue weighted by Crippen LogP contribution is -2.55. The first kappa shape index (κ1) is 21.7. The van der Waals surface area contributed by atoms with Gasteiger partial charge < -0.3 is 10.1 Å². The minimum absolute atomic E-state index is 0.0391. The number of hydrogen-bond donors (Lipinski definition) is 3. The Hall–Kier alpha value is -2.62. The zero-order valence-corrected chi connectivity index (χ0v) is 16.8. The summed E-state index contributed by atoms with van der Waals surface area (Å²) in [6.07, 6.45) is 0.224. The second-order valence-corrected chi connectivity index (χ2v) is 9.20. The number of hydrazine groups is 1. The highest BCUT2D eigenvalue weighted by atomic mass is 32.2. The molecule has 1 aliphatic heterocycles. The first-order chi connectivity index (χ1) is 13.1. The highest BCUT2D eigenvalue weighted by molar-refractivity contribution is 7.91. The van der Waals surface area contributed by atoms with Gasteiger partial charge in [-0.05, 0) is 24.5 Å². The van der Waals surface area contributed by atoms with E-state index in [0.29, 0.717) is 5.75 Å². The fourth-order valence-electron chi connectivity index (χ4n) is 2.89. The van der Waals surface area contributed by atoms with E-state index in [0.717, 1.165) is 0 Å². The third kappa shape index (κ3) is 5.44. The number of hydrogen-bond acceptors (Lipinski definition) is 6. The number of sulfone groups is 1. The maximum absolute atomic E-state index is 12.5. The van der Waals surface area contributed by atoms with Crippen LogP contribution in [0.5, 0.6) is 5.75 Å². The van der Waals surface area contributed by atoms with E-state index in [1.165, 1.54) is 7.11 Å². The Labute approximate surface area is 164 Å². The molecule has 1 fully saturated rings. The van der Waals surface area contributed by atoms with Crippen molar-refractivity contribution in [2.75, 3.05) is 18.6 Å². The Morgan fingerprint density at radius 3 is 2.39 bits per heavy atom. The van der Waals surface area contributed by atoms with E-state index in [1.807, 2.05) is 0 Å². The number of methoxy groups -OCH3 is 1. The van der Waals surface area contributed by atoms with Crippen LogP contribution in [0.1, 0.15) is 30.6 Å². The highest BCUT2D eigenvalue weighted by Gasteiger charge is 2.33. The molecule has 1 aromatic carbocycles. The van der Waals surface area contributed by atoms with Crippen LogP contribution in [0.3, 0.4) is 0 Å². The number of rotatable bonds is 6. The van der Waals surface area contributed by atoms with Crippen LogP contribution in [0.15, 0.2) is 24.3 Å². The van der Waals surface area contributed by atoms with E-state index in [4.69, 9.17) is 4.74 Å². The highest BCUT2D eigenvalue weighted by Crippen LogP contribution is 2.19. The lowest BCUT2D eigenvalue weighted by molar-refractivity contribution is -0.132. The number of amides is 3. The maximum Gasteiger partial charge on any atom is 0.261 e. The molecule has 0 aliphatic carbocycles. The summed E-state index contributed by atoms with van der Waals surface area (Å²) < 4.78 is 28.1. The molecule has 10 heteroatoms. The van der Waals surface area contributed by atoms with Crippen LogP contribution in [-0.2, 0) is 19.4 Å². The van der Waals surface area contributed by atoms with E-state index >= 15 is 0 Å². The van der Waals surface area contributed by atoms with Gasteiger partial charge in [-0.15, -0.1) is 0 Å². The van der Waals surface area contributed by atoms with Crippen molar-refractivity contribution in [1.29, 1.82) is 0 Å². The van der Waals surface area contributed by atoms with E-state index in [1.54, 1.807) is 38.1 Å². The zero-order valence-electron chi connectivity index (χ0n) is 16.0. The standard InChI is InChI=1S/C18H25N3O6S/c1-11(2)15(19-17(23)13-6-4-5-7-14(13)27-3)18(24)21-20-16(22)12-8-9-28(25,26)10-12/h4-7,11-12,15H,8-10H2,1-3H3,(H,19,23)(H,20,22)(H,21,24)/t12-,15-/m0/s1. The Balaban J connectivity index is 1.98. The number of nitrogens with one attached hydrogen (secondary N) is 3. The summed E-state index contributed by atoms with van der Waals surface area (Å²) in [6, 6.07) is 5.70. The van der Waals surface area contributed by atoms with Gasteiger partial charge in [0.2, 0.25) is 5.91 Å². The van der Waals surface area contributed by atoms with Gasteiger partial charge in [0.05, 0.1) is 30.1 Å². The van der Waals surface area contributed by atoms with E-state index in [-0.39, 0.29) is 29.4 Å². The molecule has 0 bridgehead atoms. The Morgan fingerprint density at radius 1 is 1.14 bits per heavy atom. The summed E-state index contributed by atoms with van der Waals surface area (Å²) in [5.41, 5.74) is 4.81. The number of benzene rings is 1. The second-order valence-electron chi connectivity index (χ2n) is 6.97. The molecule has 0 unspecified atom stereocenters. The third-order valence-corrected chi connectivity index (χ3v) is 6.27. The van der Waals surface area contributed by atoms with Crippen molar-refractivity contribution >= 4 is 27.6 Å². The summed E-state index contributed by atoms with van der Waals surface area (Å²) in [5, 5.41) is 2.64. The molecule has 1 saturated heterocycles. The zero-order chi connectivity index (χ0) is 20.9. The number of ether oxygens (including phenoxy) is 1. The summed E-state index contributed by atoms with van der Waals surface area (Å²) >= 11 is 0. The molecule has 0 spiro atoms. The maximum atomic E-state index is 12.5. The van der Waals surface area contributed by atoms with Crippen molar-refractivity contribution in [1.82, 2.24) is 16.2 Å². The Kier molecular flexibility index (Phi) is 7.00. The monoisotopic (exact) mass is 411 g/mol. The van der Waals surface area contributed by atoms with E-state index in [2.05, 4.69) is 16.2 Å². The van der Waals surface area contributed by atoms with E-state index in [9.17, 15) is 22.8 Å². The summed E-state index contributed by atoms with van der Waals surface area (Å²) in [5.74, 6) is -2.50. The summed E-state index contributed by atoms with van der Waals surface area (Å²) in [6.45, 7) is 3.50. The molecule has 0 saturated carbocycles. The second kappa shape index (κ2) is 9.05. The van der Waals surface area contributed by atoms with Crippen LogP contribution >= 0.6 is 0 Å². The predicted octanol–water partition coefficient (Wildman–Crippen LogP) is 0.0317. The van der Waals surface area contributed by atoms with Crippen LogP contribution in [0.4, 0.5) is 0 Å². The molecule has 3 N–H and O–H groups in total. The van der Waals surface area contributed by atoms with Gasteiger partial charge in [0.25, 0.3) is 11.8 Å². The molecule has 3 amide bonds. The Bertz CT molecular complexity index is 853. The molecule has 2 rings (SSSR count). The molecule has 154 valence electrons. The normalized spacial score (nSPS) is 18.9. The summed E-state index contributed by atoms with van der Waals surface area (Å²) in [4.78, 5) is 37.1. The van der Waals surface area contributed by atoms with Crippen molar-refractivity contribution in [3.8, 4) is 5.75 Å². The van der Waals surface area contributed by atoms with Gasteiger partial charge in [-0.1, -0.05) is 26.0 Å². The van der Waals surface area contributed by atoms with Gasteiger partial charge in [-0.2, -0.15) is 0 Å². The van der Waals surface area contributed by atoms with Gasteiger partial charge in [0.1, 0.15) is 11.8 Å². The first-order valence-corrected chi connectivity index (χ1v) is 10.7. The lowest BCUT2D eigenvalue weighted by Gasteiger charge is -2.22. The molecule has 1 aromatic rings. The minimum atomic E-state index is -3.20. The van der Waals surface area contributed by atoms with Crippen molar-refractivity contribution in [3.63, 3.8) is 0 Å². The topological polar surface area (TPSA) is 131 Å². The molecular weight excluding hydrogens is 386 g/mol. The lowest BCUT2D eigenvalue weighted by atomic mass is 10.0. The van der Waals surface area contributed by atoms with Crippen molar-refractivity contribution < 1.29 is 27.5 Å². The molecular formula is C18H25N3O6S. The third-order valence-electron chi connectivity index (χ3n) is 4.50. The average Bonchev–Trinajstić information content (AvgIpc) is 3.03. The smallest absolute Gasteiger partial charge is 0.261 e. The predicted molar refractivity (Wildman–Crippen MR) is 102 cm³/mol. The van der Waals surface area contributed by atoms with Crippen molar-refractivity contribution in [3.05, 3.63) is 29.8 Å². The molecule has 0 aromatic heterocycles. The van der Waals surface area contributed by atoms with Gasteiger partial charge >= 0.3 is 0 Å². The number of carbonyl (C=O) groups excluding carboxylic acids is 3. The van der Waals surface area contributed by atoms with Gasteiger partial charge in [0.15, 0.2) is 9.84 Å². The fourth-order valence-corrected chi connectivity index (χ4v) is 4.63. The number of carbonyl (C=O) groups is 3. The van der Waals surface area contributed by atoms with Crippen LogP contribution in [0.25, 0.3) is 0 Å². The minimum Gasteiger partial charge on any atom is -0.496 e. The quantitative estimate of drug-likeness (QED) is 0.566. The molecule has 0 radical (unpaired) electrons. The molecule has 1 aliphatic rings. The first-order valence-electron chi connectivity index (χ1n) is 8.88. The fraction of sp³-hybridized carbons (Fsp3) is 0.500. The van der Waals surface area contributed by atoms with Crippen molar-refractivity contribution in [2.24, 2.45) is 11.8 Å². The van der Waals surface area contributed by atoms with Gasteiger partial charge in [-0.3, -0.25) is 25.2 Å². The molecule has 28 heavy (non-hydrogen) atoms. The van der Waals surface area contributed by atoms with E-state index < -0.39 is 39.5 Å². The molecule has 1 heterocycles. The summed E-state index contributed by atoms with van der Waals surface area (Å²) in [7, 11) is -1.76. The van der Waals surface area contributed by atoms with Crippen LogP contribution in [0, 0.1) is 11.8 Å². The average molecular weight is 411 g/mol. The van der Waals surface area contributed by atoms with Crippen LogP contribution in [-0.4, -0.2) is 50.8 Å². The Morgan fingerprint density at radius 2 is 1.82 bits per heavy atom.